The van der Waals surface area contributed by atoms with Gasteiger partial charge in [0.25, 0.3) is 0 Å². The minimum atomic E-state index is 0.0390. The Kier molecular flexibility index (Phi) is 5.75. The smallest absolute Gasteiger partial charge is 0.0554 e. The van der Waals surface area contributed by atoms with E-state index in [-0.39, 0.29) is 6.04 Å². The number of rotatable bonds is 5. The zero-order valence-corrected chi connectivity index (χ0v) is 13.4. The lowest BCUT2D eigenvalue weighted by Gasteiger charge is -2.17. The minimum Gasteiger partial charge on any atom is -0.271 e. The van der Waals surface area contributed by atoms with Crippen molar-refractivity contribution in [2.45, 2.75) is 17.9 Å². The Morgan fingerprint density at radius 3 is 2.65 bits per heavy atom. The molecule has 0 bridgehead atoms. The molecule has 0 aliphatic carbocycles. The summed E-state index contributed by atoms with van der Waals surface area (Å²) in [4.78, 5) is 1.12. The van der Waals surface area contributed by atoms with Gasteiger partial charge in [0.1, 0.15) is 0 Å². The van der Waals surface area contributed by atoms with Crippen LogP contribution in [-0.4, -0.2) is 5.75 Å². The third kappa shape index (κ3) is 4.14. The van der Waals surface area contributed by atoms with Crippen molar-refractivity contribution in [3.05, 3.63) is 63.6 Å². The van der Waals surface area contributed by atoms with Crippen LogP contribution in [0.25, 0.3) is 0 Å². The fourth-order valence-electron chi connectivity index (χ4n) is 1.80. The van der Waals surface area contributed by atoms with Gasteiger partial charge in [-0.2, -0.15) is 0 Å². The lowest BCUT2D eigenvalue weighted by atomic mass is 10.1. The zero-order valence-electron chi connectivity index (χ0n) is 11.1. The minimum absolute atomic E-state index is 0.0390. The topological polar surface area (TPSA) is 38.0 Å². The molecule has 0 aliphatic rings. The predicted molar refractivity (Wildman–Crippen MR) is 88.4 cm³/mol. The first-order valence-corrected chi connectivity index (χ1v) is 7.95. The summed E-state index contributed by atoms with van der Waals surface area (Å²) in [6, 6.07) is 13.8. The maximum absolute atomic E-state index is 6.16. The van der Waals surface area contributed by atoms with E-state index in [2.05, 4.69) is 5.43 Å². The molecule has 0 aromatic heterocycles. The number of hydrogen-bond acceptors (Lipinski definition) is 3. The van der Waals surface area contributed by atoms with Gasteiger partial charge in [0, 0.05) is 20.7 Å². The highest BCUT2D eigenvalue weighted by Gasteiger charge is 2.11. The lowest BCUT2D eigenvalue weighted by molar-refractivity contribution is 0.610. The van der Waals surface area contributed by atoms with Crippen LogP contribution in [-0.2, 0) is 0 Å². The van der Waals surface area contributed by atoms with Gasteiger partial charge in [-0.05, 0) is 42.3 Å². The third-order valence-corrected chi connectivity index (χ3v) is 4.74. The van der Waals surface area contributed by atoms with Gasteiger partial charge < -0.3 is 0 Å². The van der Waals surface area contributed by atoms with E-state index in [0.29, 0.717) is 0 Å². The van der Waals surface area contributed by atoms with Gasteiger partial charge in [-0.15, -0.1) is 11.8 Å². The summed E-state index contributed by atoms with van der Waals surface area (Å²) in [6.07, 6.45) is 0. The van der Waals surface area contributed by atoms with Crippen molar-refractivity contribution in [2.24, 2.45) is 5.84 Å². The average Bonchev–Trinajstić information content (AvgIpc) is 2.43. The summed E-state index contributed by atoms with van der Waals surface area (Å²) < 4.78 is 0. The molecule has 0 amide bonds. The van der Waals surface area contributed by atoms with E-state index in [9.17, 15) is 0 Å². The Hall–Kier alpha value is -0.710. The fourth-order valence-corrected chi connectivity index (χ4v) is 3.28. The molecule has 0 saturated carbocycles. The predicted octanol–water partition coefficient (Wildman–Crippen LogP) is 4.60. The molecule has 0 radical (unpaired) electrons. The van der Waals surface area contributed by atoms with Gasteiger partial charge in [0.05, 0.1) is 6.04 Å². The number of hydrazine groups is 1. The summed E-state index contributed by atoms with van der Waals surface area (Å²) in [5.74, 6) is 6.46. The van der Waals surface area contributed by atoms with Crippen LogP contribution < -0.4 is 11.3 Å². The SMILES string of the molecule is Cc1ccc(C(CSc2cccc(Cl)c2)NN)cc1Cl. The summed E-state index contributed by atoms with van der Waals surface area (Å²) in [5, 5.41) is 1.50. The number of benzene rings is 2. The van der Waals surface area contributed by atoms with Crippen LogP contribution in [0.3, 0.4) is 0 Å². The number of nitrogens with one attached hydrogen (secondary N) is 1. The van der Waals surface area contributed by atoms with E-state index in [1.165, 1.54) is 0 Å². The second kappa shape index (κ2) is 7.34. The average molecular weight is 327 g/mol. The van der Waals surface area contributed by atoms with Crippen molar-refractivity contribution in [3.63, 3.8) is 0 Å². The fraction of sp³-hybridized carbons (Fsp3) is 0.200. The molecule has 2 rings (SSSR count). The van der Waals surface area contributed by atoms with E-state index < -0.39 is 0 Å². The molecule has 0 saturated heterocycles. The number of aryl methyl sites for hydroxylation is 1. The molecule has 1 unspecified atom stereocenters. The normalized spacial score (nSPS) is 12.4. The molecule has 5 heteroatoms. The summed E-state index contributed by atoms with van der Waals surface area (Å²) in [6.45, 7) is 1.98. The van der Waals surface area contributed by atoms with Crippen LogP contribution in [0.5, 0.6) is 0 Å². The maximum atomic E-state index is 6.16. The largest absolute Gasteiger partial charge is 0.271 e. The quantitative estimate of drug-likeness (QED) is 0.479. The first-order chi connectivity index (χ1) is 9.60. The van der Waals surface area contributed by atoms with E-state index >= 15 is 0 Å². The Labute approximate surface area is 133 Å². The third-order valence-electron chi connectivity index (χ3n) is 3.01. The van der Waals surface area contributed by atoms with Crippen LogP contribution in [0.1, 0.15) is 17.2 Å². The summed E-state index contributed by atoms with van der Waals surface area (Å²) in [5.41, 5.74) is 4.98. The highest BCUT2D eigenvalue weighted by atomic mass is 35.5. The second-order valence-corrected chi connectivity index (χ2v) is 6.43. The second-order valence-electron chi connectivity index (χ2n) is 4.50. The van der Waals surface area contributed by atoms with Crippen molar-refractivity contribution in [1.29, 1.82) is 0 Å². The monoisotopic (exact) mass is 326 g/mol. The number of thioether (sulfide) groups is 1. The molecule has 2 nitrogen and oxygen atoms in total. The molecule has 106 valence electrons. The Bertz CT molecular complexity index is 590. The molecule has 0 heterocycles. The maximum Gasteiger partial charge on any atom is 0.0554 e. The van der Waals surface area contributed by atoms with Crippen molar-refractivity contribution < 1.29 is 0 Å². The molecule has 2 aromatic rings. The molecular weight excluding hydrogens is 311 g/mol. The van der Waals surface area contributed by atoms with E-state index in [1.54, 1.807) is 11.8 Å². The summed E-state index contributed by atoms with van der Waals surface area (Å²) >= 11 is 13.8. The molecule has 3 N–H and O–H groups in total. The first-order valence-electron chi connectivity index (χ1n) is 6.20. The highest BCUT2D eigenvalue weighted by Crippen LogP contribution is 2.28. The molecule has 2 aromatic carbocycles. The van der Waals surface area contributed by atoms with Crippen LogP contribution in [0.4, 0.5) is 0 Å². The van der Waals surface area contributed by atoms with Crippen molar-refractivity contribution in [3.8, 4) is 0 Å². The van der Waals surface area contributed by atoms with Gasteiger partial charge >= 0.3 is 0 Å². The zero-order chi connectivity index (χ0) is 14.5. The van der Waals surface area contributed by atoms with E-state index in [1.807, 2.05) is 49.4 Å². The molecule has 0 aliphatic heterocycles. The molecule has 20 heavy (non-hydrogen) atoms. The first kappa shape index (κ1) is 15.7. The number of halogens is 2. The van der Waals surface area contributed by atoms with Crippen molar-refractivity contribution in [1.82, 2.24) is 5.43 Å². The van der Waals surface area contributed by atoms with Gasteiger partial charge in [-0.1, -0.05) is 41.4 Å². The Balaban J connectivity index is 2.07. The van der Waals surface area contributed by atoms with Crippen molar-refractivity contribution >= 4 is 35.0 Å². The van der Waals surface area contributed by atoms with Gasteiger partial charge in [0.15, 0.2) is 0 Å². The van der Waals surface area contributed by atoms with Gasteiger partial charge in [-0.25, -0.2) is 0 Å². The Morgan fingerprint density at radius 2 is 2.00 bits per heavy atom. The standard InChI is InChI=1S/C15H16Cl2N2S/c1-10-5-6-11(7-14(10)17)15(19-18)9-20-13-4-2-3-12(16)8-13/h2-8,15,19H,9,18H2,1H3. The highest BCUT2D eigenvalue weighted by molar-refractivity contribution is 7.99. The van der Waals surface area contributed by atoms with E-state index in [0.717, 1.165) is 31.8 Å². The van der Waals surface area contributed by atoms with Crippen LogP contribution in [0, 0.1) is 6.92 Å². The van der Waals surface area contributed by atoms with Crippen molar-refractivity contribution in [2.75, 3.05) is 5.75 Å². The van der Waals surface area contributed by atoms with Crippen LogP contribution >= 0.6 is 35.0 Å². The number of hydrogen-bond donors (Lipinski definition) is 2. The van der Waals surface area contributed by atoms with Crippen LogP contribution in [0.2, 0.25) is 10.0 Å². The van der Waals surface area contributed by atoms with Crippen LogP contribution in [0.15, 0.2) is 47.4 Å². The van der Waals surface area contributed by atoms with Gasteiger partial charge in [-0.3, -0.25) is 11.3 Å². The molecule has 1 atom stereocenters. The van der Waals surface area contributed by atoms with Gasteiger partial charge in [0.2, 0.25) is 0 Å². The number of nitrogens with two attached hydrogens (primary N) is 1. The Morgan fingerprint density at radius 1 is 1.20 bits per heavy atom. The molecular formula is C15H16Cl2N2S. The molecule has 0 fully saturated rings. The molecule has 0 spiro atoms. The lowest BCUT2D eigenvalue weighted by Crippen LogP contribution is -2.29. The summed E-state index contributed by atoms with van der Waals surface area (Å²) in [7, 11) is 0. The van der Waals surface area contributed by atoms with E-state index in [4.69, 9.17) is 29.0 Å².